The maximum Gasteiger partial charge on any atom is 0.241 e. The lowest BCUT2D eigenvalue weighted by Crippen LogP contribution is -2.25. The number of sulfonamides is 1. The van der Waals surface area contributed by atoms with Crippen molar-refractivity contribution < 1.29 is 13.2 Å². The molecule has 0 saturated carbocycles. The predicted octanol–water partition coefficient (Wildman–Crippen LogP) is 2.26. The van der Waals surface area contributed by atoms with E-state index in [2.05, 4.69) is 17.0 Å². The number of hydrogen-bond acceptors (Lipinski definition) is 5. The molecule has 0 aliphatic carbocycles. The van der Waals surface area contributed by atoms with Gasteiger partial charge in [0.05, 0.1) is 4.90 Å². The summed E-state index contributed by atoms with van der Waals surface area (Å²) in [5, 5.41) is 3.29. The molecule has 0 aromatic carbocycles. The van der Waals surface area contributed by atoms with Crippen LogP contribution in [0, 0.1) is 6.92 Å². The van der Waals surface area contributed by atoms with Gasteiger partial charge in [0.25, 0.3) is 0 Å². The molecular weight excluding hydrogens is 308 g/mol. The third-order valence-electron chi connectivity index (χ3n) is 3.01. The molecule has 0 unspecified atom stereocenters. The Labute approximate surface area is 132 Å². The lowest BCUT2D eigenvalue weighted by atomic mass is 10.3. The third-order valence-corrected chi connectivity index (χ3v) is 5.77. The van der Waals surface area contributed by atoms with Crippen LogP contribution in [0.1, 0.15) is 35.9 Å². The zero-order valence-electron chi connectivity index (χ0n) is 13.1. The highest BCUT2D eigenvalue weighted by molar-refractivity contribution is 7.89. The van der Waals surface area contributed by atoms with Crippen molar-refractivity contribution in [2.75, 3.05) is 26.8 Å². The van der Waals surface area contributed by atoms with E-state index in [0.717, 1.165) is 42.1 Å². The van der Waals surface area contributed by atoms with E-state index in [-0.39, 0.29) is 0 Å². The van der Waals surface area contributed by atoms with Gasteiger partial charge in [-0.3, -0.25) is 0 Å². The van der Waals surface area contributed by atoms with Crippen LogP contribution in [-0.4, -0.2) is 35.2 Å². The molecule has 0 fully saturated rings. The molecule has 0 bridgehead atoms. The minimum absolute atomic E-state index is 0.410. The number of ether oxygens (including phenoxy) is 1. The van der Waals surface area contributed by atoms with Gasteiger partial charge in [-0.2, -0.15) is 0 Å². The van der Waals surface area contributed by atoms with E-state index >= 15 is 0 Å². The fraction of sp³-hybridized carbons (Fsp3) is 0.714. The fourth-order valence-corrected chi connectivity index (χ4v) is 4.60. The van der Waals surface area contributed by atoms with Crippen molar-refractivity contribution in [1.29, 1.82) is 0 Å². The van der Waals surface area contributed by atoms with E-state index in [4.69, 9.17) is 4.74 Å². The molecule has 21 heavy (non-hydrogen) atoms. The fourth-order valence-electron chi connectivity index (χ4n) is 1.92. The van der Waals surface area contributed by atoms with Crippen LogP contribution >= 0.6 is 11.3 Å². The Balaban J connectivity index is 2.57. The Bertz CT molecular complexity index is 512. The first-order valence-electron chi connectivity index (χ1n) is 7.30. The first kappa shape index (κ1) is 18.6. The monoisotopic (exact) mass is 334 g/mol. The summed E-state index contributed by atoms with van der Waals surface area (Å²) in [6, 6.07) is 1.78. The number of methoxy groups -OCH3 is 1. The smallest absolute Gasteiger partial charge is 0.241 e. The second kappa shape index (κ2) is 9.53. The SMILES string of the molecule is CCCNCc1cc(S(=O)(=O)NCCCCOC)c(C)s1. The summed E-state index contributed by atoms with van der Waals surface area (Å²) in [5.74, 6) is 0. The van der Waals surface area contributed by atoms with Crippen LogP contribution in [0.3, 0.4) is 0 Å². The molecule has 5 nitrogen and oxygen atoms in total. The molecule has 1 rings (SSSR count). The van der Waals surface area contributed by atoms with Crippen molar-refractivity contribution in [3.63, 3.8) is 0 Å². The van der Waals surface area contributed by atoms with Gasteiger partial charge in [-0.15, -0.1) is 11.3 Å². The van der Waals surface area contributed by atoms with Gasteiger partial charge in [0, 0.05) is 36.6 Å². The van der Waals surface area contributed by atoms with Gasteiger partial charge in [0.2, 0.25) is 10.0 Å². The molecule has 0 spiro atoms. The number of aryl methyl sites for hydroxylation is 1. The van der Waals surface area contributed by atoms with Crippen molar-refractivity contribution in [2.45, 2.75) is 44.6 Å². The van der Waals surface area contributed by atoms with Crippen molar-refractivity contribution >= 4 is 21.4 Å². The Morgan fingerprint density at radius 3 is 2.71 bits per heavy atom. The van der Waals surface area contributed by atoms with E-state index < -0.39 is 10.0 Å². The van der Waals surface area contributed by atoms with E-state index in [9.17, 15) is 8.42 Å². The minimum Gasteiger partial charge on any atom is -0.385 e. The quantitative estimate of drug-likeness (QED) is 0.609. The van der Waals surface area contributed by atoms with Crippen molar-refractivity contribution in [3.05, 3.63) is 15.8 Å². The third kappa shape index (κ3) is 6.44. The van der Waals surface area contributed by atoms with Gasteiger partial charge in [0.15, 0.2) is 0 Å². The number of thiophene rings is 1. The Morgan fingerprint density at radius 2 is 2.05 bits per heavy atom. The molecule has 1 aromatic rings. The average molecular weight is 335 g/mol. The standard InChI is InChI=1S/C14H26N2O3S2/c1-4-7-15-11-13-10-14(12(2)20-13)21(17,18)16-8-5-6-9-19-3/h10,15-16H,4-9,11H2,1-3H3. The molecule has 1 aromatic heterocycles. The highest BCUT2D eigenvalue weighted by Crippen LogP contribution is 2.25. The largest absolute Gasteiger partial charge is 0.385 e. The molecule has 2 N–H and O–H groups in total. The van der Waals surface area contributed by atoms with E-state index in [1.807, 2.05) is 6.92 Å². The maximum atomic E-state index is 12.3. The van der Waals surface area contributed by atoms with Gasteiger partial charge < -0.3 is 10.1 Å². The summed E-state index contributed by atoms with van der Waals surface area (Å²) in [6.45, 7) is 6.74. The molecule has 7 heteroatoms. The molecule has 0 aliphatic rings. The van der Waals surface area contributed by atoms with Crippen LogP contribution < -0.4 is 10.0 Å². The normalized spacial score (nSPS) is 12.0. The predicted molar refractivity (Wildman–Crippen MR) is 87.4 cm³/mol. The van der Waals surface area contributed by atoms with Gasteiger partial charge in [-0.05, 0) is 38.8 Å². The summed E-state index contributed by atoms with van der Waals surface area (Å²) in [7, 11) is -1.75. The van der Waals surface area contributed by atoms with Crippen LogP contribution in [0.15, 0.2) is 11.0 Å². The van der Waals surface area contributed by atoms with Gasteiger partial charge >= 0.3 is 0 Å². The molecule has 0 amide bonds. The number of rotatable bonds is 11. The lowest BCUT2D eigenvalue weighted by Gasteiger charge is -2.05. The second-order valence-electron chi connectivity index (χ2n) is 4.91. The summed E-state index contributed by atoms with van der Waals surface area (Å²) in [5.41, 5.74) is 0. The van der Waals surface area contributed by atoms with Crippen molar-refractivity contribution in [1.82, 2.24) is 10.0 Å². The summed E-state index contributed by atoms with van der Waals surface area (Å²) >= 11 is 1.54. The van der Waals surface area contributed by atoms with Crippen molar-refractivity contribution in [2.24, 2.45) is 0 Å². The summed E-state index contributed by atoms with van der Waals surface area (Å²) in [4.78, 5) is 2.31. The van der Waals surface area contributed by atoms with E-state index in [1.165, 1.54) is 11.3 Å². The van der Waals surface area contributed by atoms with Gasteiger partial charge in [0.1, 0.15) is 0 Å². The van der Waals surface area contributed by atoms with Crippen LogP contribution in [-0.2, 0) is 21.3 Å². The van der Waals surface area contributed by atoms with Gasteiger partial charge in [-0.1, -0.05) is 6.92 Å². The Morgan fingerprint density at radius 1 is 1.29 bits per heavy atom. The highest BCUT2D eigenvalue weighted by atomic mass is 32.2. The summed E-state index contributed by atoms with van der Waals surface area (Å²) < 4.78 is 32.1. The average Bonchev–Trinajstić information content (AvgIpc) is 2.81. The van der Waals surface area contributed by atoms with Crippen LogP contribution in [0.2, 0.25) is 0 Å². The topological polar surface area (TPSA) is 67.4 Å². The second-order valence-corrected chi connectivity index (χ2v) is 7.98. The first-order valence-corrected chi connectivity index (χ1v) is 9.60. The molecular formula is C14H26N2O3S2. The maximum absolute atomic E-state index is 12.3. The van der Waals surface area contributed by atoms with Crippen LogP contribution in [0.5, 0.6) is 0 Å². The first-order chi connectivity index (χ1) is 10.0. The van der Waals surface area contributed by atoms with E-state index in [0.29, 0.717) is 18.0 Å². The zero-order valence-corrected chi connectivity index (χ0v) is 14.7. The van der Waals surface area contributed by atoms with Crippen LogP contribution in [0.25, 0.3) is 0 Å². The number of hydrogen-bond donors (Lipinski definition) is 2. The van der Waals surface area contributed by atoms with Gasteiger partial charge in [-0.25, -0.2) is 13.1 Å². The molecule has 1 heterocycles. The Kier molecular flexibility index (Phi) is 8.43. The van der Waals surface area contributed by atoms with Crippen LogP contribution in [0.4, 0.5) is 0 Å². The Hall–Kier alpha value is -0.470. The highest BCUT2D eigenvalue weighted by Gasteiger charge is 2.19. The summed E-state index contributed by atoms with van der Waals surface area (Å²) in [6.07, 6.45) is 2.70. The molecule has 0 saturated heterocycles. The number of nitrogens with one attached hydrogen (secondary N) is 2. The molecule has 0 atom stereocenters. The van der Waals surface area contributed by atoms with Crippen molar-refractivity contribution in [3.8, 4) is 0 Å². The zero-order chi connectivity index (χ0) is 15.7. The minimum atomic E-state index is -3.40. The van der Waals surface area contributed by atoms with E-state index in [1.54, 1.807) is 13.2 Å². The molecule has 0 aliphatic heterocycles. The lowest BCUT2D eigenvalue weighted by molar-refractivity contribution is 0.193. The molecule has 122 valence electrons. The number of unbranched alkanes of at least 4 members (excludes halogenated alkanes) is 1. The molecule has 0 radical (unpaired) electrons.